The molecule has 0 rings (SSSR count). The van der Waals surface area contributed by atoms with E-state index in [0.717, 1.165) is 0 Å². The van der Waals surface area contributed by atoms with E-state index in [1.165, 1.54) is 0 Å². The first-order valence-electron chi connectivity index (χ1n) is 4.52. The van der Waals surface area contributed by atoms with E-state index in [0.29, 0.717) is 13.2 Å². The summed E-state index contributed by atoms with van der Waals surface area (Å²) in [6, 6.07) is 0. The normalized spacial score (nSPS) is 12.4. The van der Waals surface area contributed by atoms with Crippen LogP contribution in [0.15, 0.2) is 12.2 Å². The van der Waals surface area contributed by atoms with E-state index in [1.54, 1.807) is 12.2 Å². The molecular weight excluding hydrogens is 204 g/mol. The largest absolute Gasteiger partial charge is 0.381 e. The van der Waals surface area contributed by atoms with Crippen LogP contribution in [0, 0.1) is 0 Å². The fraction of sp³-hybridized carbons (Fsp3) is 0.750. The number of hydrogen-bond donors (Lipinski definition) is 2. The van der Waals surface area contributed by atoms with E-state index < -0.39 is 10.0 Å². The summed E-state index contributed by atoms with van der Waals surface area (Å²) in [7, 11) is -3.20. The molecule has 0 aliphatic rings. The Morgan fingerprint density at radius 1 is 1.43 bits per heavy atom. The molecule has 0 aromatic carbocycles. The van der Waals surface area contributed by atoms with Gasteiger partial charge in [0.1, 0.15) is 0 Å². The van der Waals surface area contributed by atoms with Crippen LogP contribution in [-0.4, -0.2) is 40.5 Å². The summed E-state index contributed by atoms with van der Waals surface area (Å²) >= 11 is 0. The third kappa shape index (κ3) is 8.18. The summed E-state index contributed by atoms with van der Waals surface area (Å²) < 4.78 is 29.8. The van der Waals surface area contributed by atoms with Crippen LogP contribution in [0.4, 0.5) is 0 Å². The van der Waals surface area contributed by atoms with Crippen LogP contribution in [0.25, 0.3) is 0 Å². The molecule has 0 unspecified atom stereocenters. The van der Waals surface area contributed by atoms with Gasteiger partial charge in [0.2, 0.25) is 10.0 Å². The number of sulfonamides is 1. The predicted octanol–water partition coefficient (Wildman–Crippen LogP) is -0.543. The number of nitrogens with two attached hydrogens (primary N) is 1. The maximum absolute atomic E-state index is 11.2. The zero-order valence-electron chi connectivity index (χ0n) is 8.40. The van der Waals surface area contributed by atoms with Gasteiger partial charge in [-0.1, -0.05) is 12.2 Å². The molecule has 84 valence electrons. The van der Waals surface area contributed by atoms with Gasteiger partial charge in [0.05, 0.1) is 12.4 Å². The third-order valence-electron chi connectivity index (χ3n) is 1.42. The zero-order chi connectivity index (χ0) is 10.9. The second kappa shape index (κ2) is 7.93. The lowest BCUT2D eigenvalue weighted by Crippen LogP contribution is -2.28. The quantitative estimate of drug-likeness (QED) is 0.427. The van der Waals surface area contributed by atoms with Gasteiger partial charge in [-0.2, -0.15) is 0 Å². The summed E-state index contributed by atoms with van der Waals surface area (Å²) in [5.74, 6) is -0.00267. The summed E-state index contributed by atoms with van der Waals surface area (Å²) in [6.07, 6.45) is 3.38. The first-order valence-corrected chi connectivity index (χ1v) is 6.17. The minimum absolute atomic E-state index is 0.00267. The molecule has 0 heterocycles. The summed E-state index contributed by atoms with van der Waals surface area (Å²) in [5.41, 5.74) is 5.19. The van der Waals surface area contributed by atoms with Crippen LogP contribution in [0.5, 0.6) is 0 Å². The van der Waals surface area contributed by atoms with Crippen molar-refractivity contribution in [3.63, 3.8) is 0 Å². The summed E-state index contributed by atoms with van der Waals surface area (Å²) in [5, 5.41) is 0. The van der Waals surface area contributed by atoms with E-state index in [9.17, 15) is 8.42 Å². The van der Waals surface area contributed by atoms with Crippen molar-refractivity contribution in [1.29, 1.82) is 0 Å². The molecule has 0 amide bonds. The SMILES string of the molecule is CCOCCS(=O)(=O)NC/C=C/CN. The lowest BCUT2D eigenvalue weighted by Gasteiger charge is -2.03. The minimum Gasteiger partial charge on any atom is -0.381 e. The highest BCUT2D eigenvalue weighted by Crippen LogP contribution is 1.85. The highest BCUT2D eigenvalue weighted by atomic mass is 32.2. The lowest BCUT2D eigenvalue weighted by molar-refractivity contribution is 0.163. The molecule has 0 aliphatic carbocycles. The molecule has 0 aromatic heterocycles. The summed E-state index contributed by atoms with van der Waals surface area (Å²) in [4.78, 5) is 0. The van der Waals surface area contributed by atoms with Crippen molar-refractivity contribution in [2.75, 3.05) is 32.1 Å². The average Bonchev–Trinajstić information content (AvgIpc) is 2.13. The van der Waals surface area contributed by atoms with Gasteiger partial charge in [0, 0.05) is 19.7 Å². The maximum Gasteiger partial charge on any atom is 0.214 e. The van der Waals surface area contributed by atoms with E-state index in [4.69, 9.17) is 10.5 Å². The van der Waals surface area contributed by atoms with Gasteiger partial charge in [-0.3, -0.25) is 0 Å². The van der Waals surface area contributed by atoms with Crippen LogP contribution in [-0.2, 0) is 14.8 Å². The van der Waals surface area contributed by atoms with Crippen molar-refractivity contribution < 1.29 is 13.2 Å². The van der Waals surface area contributed by atoms with Crippen LogP contribution in [0.1, 0.15) is 6.92 Å². The van der Waals surface area contributed by atoms with E-state index in [1.807, 2.05) is 6.92 Å². The van der Waals surface area contributed by atoms with E-state index in [2.05, 4.69) is 4.72 Å². The summed E-state index contributed by atoms with van der Waals surface area (Å²) in [6.45, 7) is 3.28. The van der Waals surface area contributed by atoms with E-state index in [-0.39, 0.29) is 18.9 Å². The van der Waals surface area contributed by atoms with Gasteiger partial charge in [-0.15, -0.1) is 0 Å². The molecule has 0 saturated carbocycles. The lowest BCUT2D eigenvalue weighted by atomic mass is 10.5. The zero-order valence-corrected chi connectivity index (χ0v) is 9.22. The average molecular weight is 222 g/mol. The standard InChI is InChI=1S/C8H18N2O3S/c1-2-13-7-8-14(11,12)10-6-4-3-5-9/h3-4,10H,2,5-9H2,1H3/b4-3+. The van der Waals surface area contributed by atoms with Gasteiger partial charge >= 0.3 is 0 Å². The second-order valence-corrected chi connectivity index (χ2v) is 4.50. The highest BCUT2D eigenvalue weighted by Gasteiger charge is 2.07. The van der Waals surface area contributed by atoms with E-state index >= 15 is 0 Å². The fourth-order valence-corrected chi connectivity index (χ4v) is 1.57. The Morgan fingerprint density at radius 2 is 2.14 bits per heavy atom. The molecule has 5 nitrogen and oxygen atoms in total. The van der Waals surface area contributed by atoms with Crippen molar-refractivity contribution >= 4 is 10.0 Å². The molecule has 0 aliphatic heterocycles. The molecule has 0 radical (unpaired) electrons. The Kier molecular flexibility index (Phi) is 7.68. The third-order valence-corrected chi connectivity index (χ3v) is 2.73. The number of hydrogen-bond acceptors (Lipinski definition) is 4. The van der Waals surface area contributed by atoms with Gasteiger partial charge in [-0.05, 0) is 6.92 Å². The van der Waals surface area contributed by atoms with Gasteiger partial charge < -0.3 is 10.5 Å². The Hall–Kier alpha value is -0.430. The van der Waals surface area contributed by atoms with Crippen molar-refractivity contribution in [3.05, 3.63) is 12.2 Å². The fourth-order valence-electron chi connectivity index (χ4n) is 0.740. The molecule has 6 heteroatoms. The number of ether oxygens (including phenoxy) is 1. The first-order chi connectivity index (χ1) is 6.62. The van der Waals surface area contributed by atoms with Gasteiger partial charge in [0.15, 0.2) is 0 Å². The van der Waals surface area contributed by atoms with Crippen molar-refractivity contribution in [2.24, 2.45) is 5.73 Å². The maximum atomic E-state index is 11.2. The molecule has 0 bridgehead atoms. The number of rotatable bonds is 8. The number of nitrogens with one attached hydrogen (secondary N) is 1. The molecule has 0 fully saturated rings. The molecular formula is C8H18N2O3S. The van der Waals surface area contributed by atoms with Crippen molar-refractivity contribution in [3.8, 4) is 0 Å². The monoisotopic (exact) mass is 222 g/mol. The topological polar surface area (TPSA) is 81.4 Å². The Morgan fingerprint density at radius 3 is 2.71 bits per heavy atom. The first kappa shape index (κ1) is 13.6. The van der Waals surface area contributed by atoms with Crippen LogP contribution in [0.2, 0.25) is 0 Å². The van der Waals surface area contributed by atoms with Gasteiger partial charge in [-0.25, -0.2) is 13.1 Å². The molecule has 0 atom stereocenters. The van der Waals surface area contributed by atoms with Crippen molar-refractivity contribution in [2.45, 2.75) is 6.92 Å². The molecule has 14 heavy (non-hydrogen) atoms. The molecule has 0 aromatic rings. The van der Waals surface area contributed by atoms with Crippen LogP contribution >= 0.6 is 0 Å². The molecule has 0 saturated heterocycles. The minimum atomic E-state index is -3.20. The Labute approximate surface area is 85.4 Å². The Balaban J connectivity index is 3.67. The van der Waals surface area contributed by atoms with Crippen LogP contribution in [0.3, 0.4) is 0 Å². The predicted molar refractivity (Wildman–Crippen MR) is 56.5 cm³/mol. The second-order valence-electron chi connectivity index (χ2n) is 2.57. The van der Waals surface area contributed by atoms with Gasteiger partial charge in [0.25, 0.3) is 0 Å². The molecule has 0 spiro atoms. The van der Waals surface area contributed by atoms with Crippen LogP contribution < -0.4 is 10.5 Å². The van der Waals surface area contributed by atoms with Crippen molar-refractivity contribution in [1.82, 2.24) is 4.72 Å². The Bertz CT molecular complexity index is 249. The highest BCUT2D eigenvalue weighted by molar-refractivity contribution is 7.89. The smallest absolute Gasteiger partial charge is 0.214 e. The molecule has 3 N–H and O–H groups in total.